The van der Waals surface area contributed by atoms with E-state index in [0.29, 0.717) is 19.1 Å². The first-order valence-corrected chi connectivity index (χ1v) is 7.69. The van der Waals surface area contributed by atoms with Crippen LogP contribution < -0.4 is 4.90 Å². The van der Waals surface area contributed by atoms with Crippen molar-refractivity contribution in [1.82, 2.24) is 14.9 Å². The summed E-state index contributed by atoms with van der Waals surface area (Å²) in [6.45, 7) is 1.23. The highest BCUT2D eigenvalue weighted by Crippen LogP contribution is 2.21. The molecule has 0 atom stereocenters. The van der Waals surface area contributed by atoms with Crippen LogP contribution in [0.3, 0.4) is 0 Å². The molecule has 0 radical (unpaired) electrons. The van der Waals surface area contributed by atoms with Gasteiger partial charge in [-0.3, -0.25) is 9.78 Å². The maximum absolute atomic E-state index is 13.7. The third-order valence-electron chi connectivity index (χ3n) is 4.31. The number of piperidine rings is 1. The van der Waals surface area contributed by atoms with Crippen molar-refractivity contribution >= 4 is 11.7 Å². The van der Waals surface area contributed by atoms with Gasteiger partial charge in [0.05, 0.1) is 11.8 Å². The van der Waals surface area contributed by atoms with Gasteiger partial charge in [-0.1, -0.05) is 6.07 Å². The summed E-state index contributed by atoms with van der Waals surface area (Å²) >= 11 is 0. The fraction of sp³-hybridized carbons (Fsp3) is 0.353. The molecule has 1 fully saturated rings. The summed E-state index contributed by atoms with van der Waals surface area (Å²) in [5.74, 6) is 0.103. The maximum atomic E-state index is 13.7. The maximum Gasteiger partial charge on any atom is 0.256 e. The number of aromatic nitrogens is 2. The summed E-state index contributed by atoms with van der Waals surface area (Å²) < 4.78 is 13.7. The monoisotopic (exact) mass is 314 g/mol. The highest BCUT2D eigenvalue weighted by Gasteiger charge is 2.27. The molecule has 1 aliphatic heterocycles. The van der Waals surface area contributed by atoms with E-state index in [0.717, 1.165) is 24.9 Å². The average molecular weight is 314 g/mol. The molecule has 0 aliphatic carbocycles. The Labute approximate surface area is 134 Å². The number of hydrogen-bond donors (Lipinski definition) is 0. The van der Waals surface area contributed by atoms with Crippen LogP contribution in [0.1, 0.15) is 23.2 Å². The number of rotatable bonds is 3. The Balaban J connectivity index is 1.62. The largest absolute Gasteiger partial charge is 0.357 e. The zero-order chi connectivity index (χ0) is 16.2. The Bertz CT molecular complexity index is 671. The second-order valence-corrected chi connectivity index (χ2v) is 5.68. The molecule has 120 valence electrons. The van der Waals surface area contributed by atoms with Crippen LogP contribution in [0.15, 0.2) is 42.9 Å². The van der Waals surface area contributed by atoms with Gasteiger partial charge in [0.1, 0.15) is 5.82 Å². The fourth-order valence-electron chi connectivity index (χ4n) is 2.92. The van der Waals surface area contributed by atoms with E-state index in [2.05, 4.69) is 14.9 Å². The summed E-state index contributed by atoms with van der Waals surface area (Å²) in [5, 5.41) is 0. The minimum Gasteiger partial charge on any atom is -0.357 e. The molecule has 1 saturated heterocycles. The van der Waals surface area contributed by atoms with Crippen molar-refractivity contribution in [2.24, 2.45) is 0 Å². The Kier molecular flexibility index (Phi) is 4.50. The van der Waals surface area contributed by atoms with Crippen molar-refractivity contribution in [3.8, 4) is 0 Å². The van der Waals surface area contributed by atoms with Crippen molar-refractivity contribution in [1.29, 1.82) is 0 Å². The van der Waals surface area contributed by atoms with Gasteiger partial charge in [0, 0.05) is 38.6 Å². The summed E-state index contributed by atoms with van der Waals surface area (Å²) in [6.07, 6.45) is 5.97. The Hall–Kier alpha value is -2.50. The van der Waals surface area contributed by atoms with Gasteiger partial charge in [-0.2, -0.15) is 0 Å². The summed E-state index contributed by atoms with van der Waals surface area (Å²) in [6, 6.07) is 7.59. The summed E-state index contributed by atoms with van der Waals surface area (Å²) in [4.78, 5) is 24.3. The number of amides is 1. The first-order chi connectivity index (χ1) is 11.2. The molecule has 3 heterocycles. The topological polar surface area (TPSA) is 49.3 Å². The van der Waals surface area contributed by atoms with E-state index in [1.54, 1.807) is 11.1 Å². The van der Waals surface area contributed by atoms with Gasteiger partial charge in [0.25, 0.3) is 5.91 Å². The molecule has 2 aromatic rings. The summed E-state index contributed by atoms with van der Waals surface area (Å²) in [7, 11) is 2.02. The van der Waals surface area contributed by atoms with Gasteiger partial charge in [-0.25, -0.2) is 9.37 Å². The third-order valence-corrected chi connectivity index (χ3v) is 4.31. The standard InChI is InChI=1S/C17H19FN4O/c1-21(16-4-2-3-8-20-16)13-6-10-22(11-7-13)17(23)14-5-9-19-12-15(14)18/h2-5,8-9,12-13H,6-7,10-11H2,1H3. The molecule has 23 heavy (non-hydrogen) atoms. The summed E-state index contributed by atoms with van der Waals surface area (Å²) in [5.41, 5.74) is 0.0940. The van der Waals surface area contributed by atoms with Crippen molar-refractivity contribution in [2.75, 3.05) is 25.0 Å². The molecular weight excluding hydrogens is 295 g/mol. The van der Waals surface area contributed by atoms with Crippen LogP contribution in [0.4, 0.5) is 10.2 Å². The number of anilines is 1. The molecule has 0 saturated carbocycles. The van der Waals surface area contributed by atoms with Crippen molar-refractivity contribution in [3.05, 3.63) is 54.2 Å². The van der Waals surface area contributed by atoms with Gasteiger partial charge in [-0.05, 0) is 31.0 Å². The lowest BCUT2D eigenvalue weighted by atomic mass is 10.0. The van der Waals surface area contributed by atoms with Crippen LogP contribution >= 0.6 is 0 Å². The minimum absolute atomic E-state index is 0.0940. The van der Waals surface area contributed by atoms with E-state index in [1.165, 1.54) is 12.3 Å². The van der Waals surface area contributed by atoms with Gasteiger partial charge < -0.3 is 9.80 Å². The molecule has 2 aromatic heterocycles. The van der Waals surface area contributed by atoms with Gasteiger partial charge in [0.2, 0.25) is 0 Å². The van der Waals surface area contributed by atoms with E-state index < -0.39 is 5.82 Å². The van der Waals surface area contributed by atoms with Crippen LogP contribution in [0, 0.1) is 5.82 Å². The molecular formula is C17H19FN4O. The van der Waals surface area contributed by atoms with Crippen molar-refractivity contribution in [3.63, 3.8) is 0 Å². The van der Waals surface area contributed by atoms with E-state index in [4.69, 9.17) is 0 Å². The zero-order valence-corrected chi connectivity index (χ0v) is 13.0. The SMILES string of the molecule is CN(c1ccccn1)C1CCN(C(=O)c2ccncc2F)CC1. The van der Waals surface area contributed by atoms with Crippen LogP contribution in [0.25, 0.3) is 0 Å². The van der Waals surface area contributed by atoms with E-state index in [9.17, 15) is 9.18 Å². The first-order valence-electron chi connectivity index (χ1n) is 7.69. The number of likely N-dealkylation sites (tertiary alicyclic amines) is 1. The quantitative estimate of drug-likeness (QED) is 0.872. The van der Waals surface area contributed by atoms with Crippen LogP contribution in [0.2, 0.25) is 0 Å². The van der Waals surface area contributed by atoms with E-state index in [1.807, 2.05) is 25.2 Å². The van der Waals surface area contributed by atoms with Gasteiger partial charge in [-0.15, -0.1) is 0 Å². The molecule has 0 bridgehead atoms. The number of carbonyl (C=O) groups excluding carboxylic acids is 1. The second kappa shape index (κ2) is 6.73. The van der Waals surface area contributed by atoms with Crippen molar-refractivity contribution in [2.45, 2.75) is 18.9 Å². The number of halogens is 1. The molecule has 1 amide bonds. The molecule has 6 heteroatoms. The lowest BCUT2D eigenvalue weighted by molar-refractivity contribution is 0.0708. The average Bonchev–Trinajstić information content (AvgIpc) is 2.62. The van der Waals surface area contributed by atoms with E-state index in [-0.39, 0.29) is 11.5 Å². The van der Waals surface area contributed by atoms with Crippen LogP contribution in [-0.4, -0.2) is 47.0 Å². The fourth-order valence-corrected chi connectivity index (χ4v) is 2.92. The minimum atomic E-state index is -0.565. The second-order valence-electron chi connectivity index (χ2n) is 5.68. The normalized spacial score (nSPS) is 15.5. The predicted molar refractivity (Wildman–Crippen MR) is 85.8 cm³/mol. The van der Waals surface area contributed by atoms with Crippen LogP contribution in [0.5, 0.6) is 0 Å². The van der Waals surface area contributed by atoms with E-state index >= 15 is 0 Å². The lowest BCUT2D eigenvalue weighted by Gasteiger charge is -2.37. The Morgan fingerprint density at radius 2 is 2.04 bits per heavy atom. The molecule has 5 nitrogen and oxygen atoms in total. The molecule has 1 aliphatic rings. The Morgan fingerprint density at radius 3 is 2.70 bits per heavy atom. The number of carbonyl (C=O) groups is 1. The number of pyridine rings is 2. The number of nitrogens with zero attached hydrogens (tertiary/aromatic N) is 4. The molecule has 3 rings (SSSR count). The first kappa shape index (κ1) is 15.4. The Morgan fingerprint density at radius 1 is 1.26 bits per heavy atom. The smallest absolute Gasteiger partial charge is 0.256 e. The predicted octanol–water partition coefficient (Wildman–Crippen LogP) is 2.36. The molecule has 0 unspecified atom stereocenters. The van der Waals surface area contributed by atoms with Crippen molar-refractivity contribution < 1.29 is 9.18 Å². The van der Waals surface area contributed by atoms with Crippen LogP contribution in [-0.2, 0) is 0 Å². The molecule has 0 aromatic carbocycles. The molecule has 0 N–H and O–H groups in total. The lowest BCUT2D eigenvalue weighted by Crippen LogP contribution is -2.46. The molecule has 0 spiro atoms. The third kappa shape index (κ3) is 3.31. The van der Waals surface area contributed by atoms with Gasteiger partial charge >= 0.3 is 0 Å². The zero-order valence-electron chi connectivity index (χ0n) is 13.0. The highest BCUT2D eigenvalue weighted by atomic mass is 19.1. The number of hydrogen-bond acceptors (Lipinski definition) is 4. The highest BCUT2D eigenvalue weighted by molar-refractivity contribution is 5.94. The van der Waals surface area contributed by atoms with Gasteiger partial charge in [0.15, 0.2) is 5.82 Å².